The third kappa shape index (κ3) is 3.90. The van der Waals surface area contributed by atoms with Gasteiger partial charge in [0.1, 0.15) is 0 Å². The van der Waals surface area contributed by atoms with Crippen LogP contribution in [0, 0.1) is 5.92 Å². The standard InChI is InChI=1S/C15H18ClNO/c1-17-10-14(8-13-5-6-18-11-13)7-12-3-2-4-15(16)9-12/h2-6,9,11,14,17H,7-8,10H2,1H3. The summed E-state index contributed by atoms with van der Waals surface area (Å²) in [4.78, 5) is 0. The minimum absolute atomic E-state index is 0.547. The third-order valence-corrected chi connectivity index (χ3v) is 3.25. The van der Waals surface area contributed by atoms with E-state index in [-0.39, 0.29) is 0 Å². The number of halogens is 1. The highest BCUT2D eigenvalue weighted by Crippen LogP contribution is 2.17. The Balaban J connectivity index is 2.01. The molecule has 2 nitrogen and oxygen atoms in total. The number of benzene rings is 1. The molecule has 0 fully saturated rings. The second-order valence-electron chi connectivity index (χ2n) is 4.59. The van der Waals surface area contributed by atoms with Crippen molar-refractivity contribution in [1.29, 1.82) is 0 Å². The van der Waals surface area contributed by atoms with Crippen molar-refractivity contribution in [1.82, 2.24) is 5.32 Å². The molecule has 0 radical (unpaired) electrons. The quantitative estimate of drug-likeness (QED) is 0.862. The van der Waals surface area contributed by atoms with E-state index in [1.807, 2.05) is 37.6 Å². The molecule has 1 unspecified atom stereocenters. The zero-order valence-corrected chi connectivity index (χ0v) is 11.3. The molecule has 0 spiro atoms. The molecule has 1 aromatic carbocycles. The monoisotopic (exact) mass is 263 g/mol. The van der Waals surface area contributed by atoms with Gasteiger partial charge in [-0.3, -0.25) is 0 Å². The number of nitrogens with one attached hydrogen (secondary N) is 1. The van der Waals surface area contributed by atoms with Gasteiger partial charge in [0.2, 0.25) is 0 Å². The SMILES string of the molecule is CNCC(Cc1ccoc1)Cc1cccc(Cl)c1. The van der Waals surface area contributed by atoms with Crippen LogP contribution in [0.4, 0.5) is 0 Å². The van der Waals surface area contributed by atoms with E-state index in [9.17, 15) is 0 Å². The maximum Gasteiger partial charge on any atom is 0.0934 e. The molecule has 0 amide bonds. The van der Waals surface area contributed by atoms with Crippen molar-refractivity contribution < 1.29 is 4.42 Å². The lowest BCUT2D eigenvalue weighted by atomic mass is 9.93. The minimum atomic E-state index is 0.547. The molecular weight excluding hydrogens is 246 g/mol. The van der Waals surface area contributed by atoms with E-state index < -0.39 is 0 Å². The minimum Gasteiger partial charge on any atom is -0.472 e. The van der Waals surface area contributed by atoms with Crippen LogP contribution in [0.5, 0.6) is 0 Å². The molecule has 0 aliphatic rings. The van der Waals surface area contributed by atoms with Crippen molar-refractivity contribution in [3.05, 3.63) is 59.0 Å². The molecule has 0 aliphatic heterocycles. The lowest BCUT2D eigenvalue weighted by Gasteiger charge is -2.16. The van der Waals surface area contributed by atoms with E-state index in [0.717, 1.165) is 24.4 Å². The second kappa shape index (κ2) is 6.62. The first-order valence-electron chi connectivity index (χ1n) is 6.18. The molecule has 1 aromatic heterocycles. The summed E-state index contributed by atoms with van der Waals surface area (Å²) in [6.45, 7) is 0.984. The van der Waals surface area contributed by atoms with Crippen molar-refractivity contribution in [3.8, 4) is 0 Å². The fourth-order valence-corrected chi connectivity index (χ4v) is 2.46. The normalized spacial score (nSPS) is 12.6. The Labute approximate surface area is 113 Å². The predicted molar refractivity (Wildman–Crippen MR) is 75.0 cm³/mol. The molecule has 96 valence electrons. The third-order valence-electron chi connectivity index (χ3n) is 3.01. The number of furan rings is 1. The van der Waals surface area contributed by atoms with Gasteiger partial charge in [0, 0.05) is 5.02 Å². The highest BCUT2D eigenvalue weighted by molar-refractivity contribution is 6.30. The van der Waals surface area contributed by atoms with Crippen LogP contribution in [0.15, 0.2) is 47.3 Å². The maximum atomic E-state index is 6.02. The van der Waals surface area contributed by atoms with Crippen molar-refractivity contribution in [2.45, 2.75) is 12.8 Å². The van der Waals surface area contributed by atoms with E-state index in [1.165, 1.54) is 11.1 Å². The average molecular weight is 264 g/mol. The van der Waals surface area contributed by atoms with E-state index in [1.54, 1.807) is 6.26 Å². The Hall–Kier alpha value is -1.25. The molecule has 3 heteroatoms. The van der Waals surface area contributed by atoms with Crippen molar-refractivity contribution in [2.24, 2.45) is 5.92 Å². The highest BCUT2D eigenvalue weighted by Gasteiger charge is 2.11. The summed E-state index contributed by atoms with van der Waals surface area (Å²) in [5.74, 6) is 0.547. The zero-order valence-electron chi connectivity index (χ0n) is 10.5. The van der Waals surface area contributed by atoms with Crippen LogP contribution in [0.3, 0.4) is 0 Å². The first-order valence-corrected chi connectivity index (χ1v) is 6.56. The molecule has 1 N–H and O–H groups in total. The first-order chi connectivity index (χ1) is 8.78. The summed E-state index contributed by atoms with van der Waals surface area (Å²) in [5, 5.41) is 4.06. The van der Waals surface area contributed by atoms with E-state index in [0.29, 0.717) is 5.92 Å². The molecule has 0 saturated carbocycles. The molecule has 2 rings (SSSR count). The van der Waals surface area contributed by atoms with Crippen molar-refractivity contribution in [3.63, 3.8) is 0 Å². The predicted octanol–water partition coefficient (Wildman–Crippen LogP) is 3.55. The van der Waals surface area contributed by atoms with E-state index in [4.69, 9.17) is 16.0 Å². The summed E-state index contributed by atoms with van der Waals surface area (Å²) in [6.07, 6.45) is 5.59. The molecule has 2 aromatic rings. The van der Waals surface area contributed by atoms with Gasteiger partial charge < -0.3 is 9.73 Å². The Morgan fingerprint density at radius 1 is 1.22 bits per heavy atom. The van der Waals surface area contributed by atoms with Gasteiger partial charge in [-0.2, -0.15) is 0 Å². The van der Waals surface area contributed by atoms with Gasteiger partial charge >= 0.3 is 0 Å². The first kappa shape index (κ1) is 13.2. The van der Waals surface area contributed by atoms with E-state index >= 15 is 0 Å². The van der Waals surface area contributed by atoms with Crippen LogP contribution in [-0.4, -0.2) is 13.6 Å². The summed E-state index contributed by atoms with van der Waals surface area (Å²) in [6, 6.07) is 10.1. The van der Waals surface area contributed by atoms with Gasteiger partial charge in [-0.15, -0.1) is 0 Å². The number of rotatable bonds is 6. The second-order valence-corrected chi connectivity index (χ2v) is 5.03. The van der Waals surface area contributed by atoms with Gasteiger partial charge in [-0.1, -0.05) is 23.7 Å². The number of hydrogen-bond acceptors (Lipinski definition) is 2. The fourth-order valence-electron chi connectivity index (χ4n) is 2.24. The Bertz CT molecular complexity index is 467. The lowest BCUT2D eigenvalue weighted by molar-refractivity contribution is 0.488. The van der Waals surface area contributed by atoms with Gasteiger partial charge in [0.05, 0.1) is 12.5 Å². The van der Waals surface area contributed by atoms with Gasteiger partial charge in [0.25, 0.3) is 0 Å². The van der Waals surface area contributed by atoms with Crippen LogP contribution in [0.1, 0.15) is 11.1 Å². The van der Waals surface area contributed by atoms with Crippen molar-refractivity contribution >= 4 is 11.6 Å². The largest absolute Gasteiger partial charge is 0.472 e. The van der Waals surface area contributed by atoms with Gasteiger partial charge in [-0.05, 0) is 61.7 Å². The van der Waals surface area contributed by atoms with Crippen LogP contribution in [0.25, 0.3) is 0 Å². The van der Waals surface area contributed by atoms with Crippen LogP contribution >= 0.6 is 11.6 Å². The Morgan fingerprint density at radius 2 is 2.06 bits per heavy atom. The van der Waals surface area contributed by atoms with Crippen LogP contribution in [0.2, 0.25) is 5.02 Å². The molecule has 0 saturated heterocycles. The summed E-state index contributed by atoms with van der Waals surface area (Å²) < 4.78 is 5.12. The summed E-state index contributed by atoms with van der Waals surface area (Å²) in [5.41, 5.74) is 2.53. The van der Waals surface area contributed by atoms with Crippen LogP contribution in [-0.2, 0) is 12.8 Å². The Morgan fingerprint density at radius 3 is 2.72 bits per heavy atom. The smallest absolute Gasteiger partial charge is 0.0934 e. The maximum absolute atomic E-state index is 6.02. The van der Waals surface area contributed by atoms with E-state index in [2.05, 4.69) is 11.4 Å². The number of hydrogen-bond donors (Lipinski definition) is 1. The molecule has 18 heavy (non-hydrogen) atoms. The molecule has 0 bridgehead atoms. The van der Waals surface area contributed by atoms with Gasteiger partial charge in [-0.25, -0.2) is 0 Å². The highest BCUT2D eigenvalue weighted by atomic mass is 35.5. The van der Waals surface area contributed by atoms with Crippen molar-refractivity contribution in [2.75, 3.05) is 13.6 Å². The molecule has 0 aliphatic carbocycles. The Kier molecular flexibility index (Phi) is 4.85. The van der Waals surface area contributed by atoms with Gasteiger partial charge in [0.15, 0.2) is 0 Å². The zero-order chi connectivity index (χ0) is 12.8. The average Bonchev–Trinajstić information content (AvgIpc) is 2.82. The summed E-state index contributed by atoms with van der Waals surface area (Å²) in [7, 11) is 1.99. The molecular formula is C15H18ClNO. The molecule has 1 atom stereocenters. The summed E-state index contributed by atoms with van der Waals surface area (Å²) >= 11 is 6.02. The fraction of sp³-hybridized carbons (Fsp3) is 0.333. The topological polar surface area (TPSA) is 25.2 Å². The van der Waals surface area contributed by atoms with Crippen LogP contribution < -0.4 is 5.32 Å². The molecule has 1 heterocycles. The lowest BCUT2D eigenvalue weighted by Crippen LogP contribution is -2.22.